The predicted octanol–water partition coefficient (Wildman–Crippen LogP) is 4.67. The minimum atomic E-state index is -0.278. The van der Waals surface area contributed by atoms with Gasteiger partial charge in [0.05, 0.1) is 39.6 Å². The number of nitrogens with one attached hydrogen (secondary N) is 1. The lowest BCUT2D eigenvalue weighted by Crippen LogP contribution is -2.27. The molecule has 0 unspecified atom stereocenters. The number of aryl methyl sites for hydroxylation is 1. The van der Waals surface area contributed by atoms with Crippen molar-refractivity contribution < 1.29 is 9.53 Å². The van der Waals surface area contributed by atoms with Crippen LogP contribution < -0.4 is 15.4 Å². The molecule has 3 aromatic heterocycles. The largest absolute Gasteiger partial charge is 0.496 e. The Morgan fingerprint density at radius 1 is 1.32 bits per heavy atom. The SMILES string of the molecule is COc1c(C)cnc(CN2C(=O)/C(=C\c3cc(Br)c(Br)[nH]3)c3c(Cl)nc(N)nc32)c1C. The van der Waals surface area contributed by atoms with Crippen LogP contribution in [0.4, 0.5) is 11.8 Å². The average molecular weight is 569 g/mol. The molecule has 0 bridgehead atoms. The molecule has 0 aromatic carbocycles. The summed E-state index contributed by atoms with van der Waals surface area (Å²) in [5.41, 5.74) is 9.76. The molecule has 31 heavy (non-hydrogen) atoms. The summed E-state index contributed by atoms with van der Waals surface area (Å²) in [5.74, 6) is 0.784. The van der Waals surface area contributed by atoms with E-state index in [9.17, 15) is 4.79 Å². The minimum Gasteiger partial charge on any atom is -0.496 e. The number of methoxy groups -OCH3 is 1. The number of H-pyrrole nitrogens is 1. The van der Waals surface area contributed by atoms with Gasteiger partial charge in [0.15, 0.2) is 5.82 Å². The summed E-state index contributed by atoms with van der Waals surface area (Å²) >= 11 is 13.2. The van der Waals surface area contributed by atoms with Gasteiger partial charge in [-0.15, -0.1) is 0 Å². The molecule has 0 saturated carbocycles. The monoisotopic (exact) mass is 566 g/mol. The van der Waals surface area contributed by atoms with Crippen LogP contribution in [0.15, 0.2) is 21.3 Å². The molecule has 0 spiro atoms. The highest BCUT2D eigenvalue weighted by atomic mass is 79.9. The summed E-state index contributed by atoms with van der Waals surface area (Å²) in [6.45, 7) is 4.00. The van der Waals surface area contributed by atoms with Crippen molar-refractivity contribution in [2.45, 2.75) is 20.4 Å². The molecular weight excluding hydrogens is 552 g/mol. The smallest absolute Gasteiger partial charge is 0.260 e. The van der Waals surface area contributed by atoms with Gasteiger partial charge in [-0.2, -0.15) is 4.98 Å². The zero-order chi connectivity index (χ0) is 22.4. The quantitative estimate of drug-likeness (QED) is 0.350. The third-order valence-corrected chi connectivity index (χ3v) is 7.02. The van der Waals surface area contributed by atoms with Gasteiger partial charge in [0.1, 0.15) is 10.9 Å². The maximum Gasteiger partial charge on any atom is 0.260 e. The maximum absolute atomic E-state index is 13.5. The number of nitrogen functional groups attached to an aromatic ring is 1. The number of halogens is 3. The second kappa shape index (κ2) is 8.25. The summed E-state index contributed by atoms with van der Waals surface area (Å²) in [6.07, 6.45) is 3.42. The van der Waals surface area contributed by atoms with Crippen LogP contribution in [0, 0.1) is 13.8 Å². The van der Waals surface area contributed by atoms with Crippen molar-refractivity contribution >= 4 is 72.8 Å². The van der Waals surface area contributed by atoms with Crippen LogP contribution >= 0.6 is 43.5 Å². The van der Waals surface area contributed by atoms with E-state index in [0.29, 0.717) is 28.3 Å². The maximum atomic E-state index is 13.5. The lowest BCUT2D eigenvalue weighted by molar-refractivity contribution is -0.113. The first kappa shape index (κ1) is 21.8. The third kappa shape index (κ3) is 3.83. The molecular formula is C20H17Br2ClN6O2. The van der Waals surface area contributed by atoms with Crippen molar-refractivity contribution in [3.63, 3.8) is 0 Å². The molecule has 0 saturated heterocycles. The number of aromatic nitrogens is 4. The molecule has 11 heteroatoms. The average Bonchev–Trinajstić information content (AvgIpc) is 3.15. The Morgan fingerprint density at radius 3 is 2.71 bits per heavy atom. The van der Waals surface area contributed by atoms with E-state index in [0.717, 1.165) is 26.0 Å². The number of amides is 1. The van der Waals surface area contributed by atoms with Gasteiger partial charge in [-0.05, 0) is 57.8 Å². The van der Waals surface area contributed by atoms with Crippen LogP contribution in [0.5, 0.6) is 5.75 Å². The molecule has 1 amide bonds. The topological polar surface area (TPSA) is 110 Å². The fraction of sp³-hybridized carbons (Fsp3) is 0.200. The van der Waals surface area contributed by atoms with Gasteiger partial charge in [-0.25, -0.2) is 4.98 Å². The second-order valence-corrected chi connectivity index (χ2v) is 8.96. The Morgan fingerprint density at radius 2 is 2.06 bits per heavy atom. The lowest BCUT2D eigenvalue weighted by Gasteiger charge is -2.19. The normalized spacial score (nSPS) is 14.5. The number of nitrogens with two attached hydrogens (primary N) is 1. The van der Waals surface area contributed by atoms with Crippen LogP contribution in [0.25, 0.3) is 11.6 Å². The van der Waals surface area contributed by atoms with Crippen LogP contribution in [-0.4, -0.2) is 33.0 Å². The van der Waals surface area contributed by atoms with E-state index in [1.165, 1.54) is 4.90 Å². The number of pyridine rings is 1. The van der Waals surface area contributed by atoms with Crippen molar-refractivity contribution in [3.8, 4) is 5.75 Å². The molecule has 0 radical (unpaired) electrons. The van der Waals surface area contributed by atoms with Gasteiger partial charge in [0, 0.05) is 23.0 Å². The van der Waals surface area contributed by atoms with E-state index >= 15 is 0 Å². The summed E-state index contributed by atoms with van der Waals surface area (Å²) in [5, 5.41) is 0.112. The van der Waals surface area contributed by atoms with E-state index in [1.807, 2.05) is 19.9 Å². The highest BCUT2D eigenvalue weighted by molar-refractivity contribution is 9.13. The summed E-state index contributed by atoms with van der Waals surface area (Å²) < 4.78 is 7.08. The van der Waals surface area contributed by atoms with Crippen molar-refractivity contribution in [1.29, 1.82) is 0 Å². The van der Waals surface area contributed by atoms with Crippen molar-refractivity contribution in [2.24, 2.45) is 0 Å². The first-order chi connectivity index (χ1) is 14.7. The minimum absolute atomic E-state index is 0.0145. The predicted molar refractivity (Wildman–Crippen MR) is 127 cm³/mol. The number of nitrogens with zero attached hydrogens (tertiary/aromatic N) is 4. The molecule has 4 rings (SSSR count). The zero-order valence-corrected chi connectivity index (χ0v) is 20.7. The highest BCUT2D eigenvalue weighted by Crippen LogP contribution is 2.42. The first-order valence-corrected chi connectivity index (χ1v) is 11.1. The summed E-state index contributed by atoms with van der Waals surface area (Å²) in [4.78, 5) is 30.9. The van der Waals surface area contributed by atoms with E-state index in [4.69, 9.17) is 22.1 Å². The van der Waals surface area contributed by atoms with Gasteiger partial charge in [0.2, 0.25) is 5.95 Å². The number of anilines is 2. The Balaban J connectivity index is 1.83. The molecule has 3 aromatic rings. The second-order valence-electron chi connectivity index (χ2n) is 6.95. The number of rotatable bonds is 4. The van der Waals surface area contributed by atoms with Crippen LogP contribution in [0.1, 0.15) is 28.1 Å². The van der Waals surface area contributed by atoms with E-state index in [1.54, 1.807) is 19.4 Å². The molecule has 3 N–H and O–H groups in total. The Kier molecular flexibility index (Phi) is 5.80. The first-order valence-electron chi connectivity index (χ1n) is 9.11. The number of hydrogen-bond donors (Lipinski definition) is 2. The Bertz CT molecular complexity index is 1240. The van der Waals surface area contributed by atoms with Crippen molar-refractivity contribution in [1.82, 2.24) is 19.9 Å². The Hall–Kier alpha value is -2.43. The lowest BCUT2D eigenvalue weighted by atomic mass is 10.1. The van der Waals surface area contributed by atoms with E-state index in [-0.39, 0.29) is 23.6 Å². The van der Waals surface area contributed by atoms with Gasteiger partial charge in [-0.1, -0.05) is 11.6 Å². The molecule has 4 heterocycles. The van der Waals surface area contributed by atoms with Crippen molar-refractivity contribution in [2.75, 3.05) is 17.7 Å². The van der Waals surface area contributed by atoms with Crippen LogP contribution in [-0.2, 0) is 11.3 Å². The van der Waals surface area contributed by atoms with Gasteiger partial charge in [0.25, 0.3) is 5.91 Å². The van der Waals surface area contributed by atoms with E-state index in [2.05, 4.69) is 51.8 Å². The number of ether oxygens (including phenoxy) is 1. The third-order valence-electron chi connectivity index (χ3n) is 4.97. The van der Waals surface area contributed by atoms with Gasteiger partial charge >= 0.3 is 0 Å². The van der Waals surface area contributed by atoms with Crippen LogP contribution in [0.2, 0.25) is 5.15 Å². The molecule has 0 atom stereocenters. The van der Waals surface area contributed by atoms with Crippen molar-refractivity contribution in [3.05, 3.63) is 54.6 Å². The highest BCUT2D eigenvalue weighted by Gasteiger charge is 2.37. The van der Waals surface area contributed by atoms with Gasteiger partial charge in [-0.3, -0.25) is 14.7 Å². The fourth-order valence-corrected chi connectivity index (χ4v) is 4.49. The molecule has 0 aliphatic carbocycles. The molecule has 1 aliphatic rings. The van der Waals surface area contributed by atoms with Crippen LogP contribution in [0.3, 0.4) is 0 Å². The van der Waals surface area contributed by atoms with Gasteiger partial charge < -0.3 is 15.5 Å². The molecule has 1 aliphatic heterocycles. The number of carbonyl (C=O) groups excluding carboxylic acids is 1. The molecule has 0 fully saturated rings. The summed E-state index contributed by atoms with van der Waals surface area (Å²) in [7, 11) is 1.61. The zero-order valence-electron chi connectivity index (χ0n) is 16.8. The fourth-order valence-electron chi connectivity index (χ4n) is 3.53. The standard InChI is InChI=1S/C20H17Br2ClN6O2/c1-8-6-25-13(9(2)15(8)31-3)7-29-18-14(17(23)27-20(24)28-18)11(19(29)30)4-10-5-12(21)16(22)26-10/h4-6,26H,7H2,1-3H3,(H2,24,27,28)/b11-4-. The number of aromatic amines is 1. The molecule has 8 nitrogen and oxygen atoms in total. The van der Waals surface area contributed by atoms with E-state index < -0.39 is 0 Å². The Labute approximate surface area is 200 Å². The summed E-state index contributed by atoms with van der Waals surface area (Å²) in [6, 6.07) is 1.84. The number of hydrogen-bond acceptors (Lipinski definition) is 6. The molecule has 160 valence electrons. The number of fused-ring (bicyclic) bond motifs is 1. The number of carbonyl (C=O) groups is 1.